The van der Waals surface area contributed by atoms with Gasteiger partial charge in [0.05, 0.1) is 11.1 Å². The number of rotatable bonds is 5. The van der Waals surface area contributed by atoms with E-state index in [1.807, 2.05) is 31.2 Å². The summed E-state index contributed by atoms with van der Waals surface area (Å²) in [5, 5.41) is 3.77. The first-order valence-corrected chi connectivity index (χ1v) is 9.69. The molecule has 5 nitrogen and oxygen atoms in total. The first-order chi connectivity index (χ1) is 11.9. The van der Waals surface area contributed by atoms with Gasteiger partial charge in [0.2, 0.25) is 0 Å². The smallest absolute Gasteiger partial charge is 0.276 e. The fraction of sp³-hybridized carbons (Fsp3) is 0.0556. The van der Waals surface area contributed by atoms with E-state index in [1.54, 1.807) is 24.3 Å². The molecule has 0 spiro atoms. The molecular weight excluding hydrogens is 404 g/mol. The number of sulfonamides is 1. The Morgan fingerprint density at radius 3 is 2.36 bits per heavy atom. The molecular formula is C18H15BrN2O3S. The lowest BCUT2D eigenvalue weighted by Crippen LogP contribution is -2.18. The highest BCUT2D eigenvalue weighted by atomic mass is 79.9. The van der Waals surface area contributed by atoms with Crippen LogP contribution in [0.3, 0.4) is 0 Å². The van der Waals surface area contributed by atoms with Crippen LogP contribution in [0.1, 0.15) is 11.3 Å². The average Bonchev–Trinajstić information content (AvgIpc) is 3.04. The maximum absolute atomic E-state index is 12.1. The third-order valence-electron chi connectivity index (χ3n) is 3.45. The number of hydrogen-bond acceptors (Lipinski definition) is 4. The number of aryl methyl sites for hydroxylation is 1. The van der Waals surface area contributed by atoms with Gasteiger partial charge in [0, 0.05) is 10.0 Å². The van der Waals surface area contributed by atoms with E-state index in [0.29, 0.717) is 11.5 Å². The number of nitrogens with zero attached hydrogens (tertiary/aromatic N) is 1. The van der Waals surface area contributed by atoms with Crippen LogP contribution >= 0.6 is 15.9 Å². The number of halogens is 1. The predicted molar refractivity (Wildman–Crippen MR) is 101 cm³/mol. The Kier molecular flexibility index (Phi) is 5.06. The van der Waals surface area contributed by atoms with Crippen LogP contribution in [0.25, 0.3) is 11.3 Å². The summed E-state index contributed by atoms with van der Waals surface area (Å²) < 4.78 is 30.9. The van der Waals surface area contributed by atoms with Gasteiger partial charge in [-0.05, 0) is 43.3 Å². The van der Waals surface area contributed by atoms with Crippen molar-refractivity contribution < 1.29 is 12.8 Å². The Balaban J connectivity index is 1.70. The summed E-state index contributed by atoms with van der Waals surface area (Å²) in [6.45, 7) is 1.89. The van der Waals surface area contributed by atoms with E-state index in [0.717, 1.165) is 15.6 Å². The molecule has 0 saturated carbocycles. The van der Waals surface area contributed by atoms with Crippen LogP contribution in [0, 0.1) is 6.92 Å². The van der Waals surface area contributed by atoms with Crippen molar-refractivity contribution in [3.63, 3.8) is 0 Å². The van der Waals surface area contributed by atoms with Gasteiger partial charge in [-0.3, -0.25) is 0 Å². The summed E-state index contributed by atoms with van der Waals surface area (Å²) in [5.74, 6) is 1.12. The summed E-state index contributed by atoms with van der Waals surface area (Å²) in [5.41, 5.74) is 1.90. The van der Waals surface area contributed by atoms with Gasteiger partial charge in [0.1, 0.15) is 11.5 Å². The lowest BCUT2D eigenvalue weighted by Gasteiger charge is -2.03. The SMILES string of the molecule is Cc1ccc(S(=O)(=O)N/N=C\c2ccc(-c3ccc(Br)cc3)o2)cc1. The maximum atomic E-state index is 12.1. The van der Waals surface area contributed by atoms with Crippen LogP contribution in [0.15, 0.2) is 79.6 Å². The second-order valence-corrected chi connectivity index (χ2v) is 7.95. The number of nitrogens with one attached hydrogen (secondary N) is 1. The van der Waals surface area contributed by atoms with E-state index in [2.05, 4.69) is 25.9 Å². The zero-order valence-corrected chi connectivity index (χ0v) is 15.7. The monoisotopic (exact) mass is 418 g/mol. The van der Waals surface area contributed by atoms with Gasteiger partial charge in [-0.2, -0.15) is 18.4 Å². The second-order valence-electron chi connectivity index (χ2n) is 5.37. The van der Waals surface area contributed by atoms with Gasteiger partial charge in [-0.1, -0.05) is 45.8 Å². The Bertz CT molecular complexity index is 992. The highest BCUT2D eigenvalue weighted by Crippen LogP contribution is 2.23. The Morgan fingerprint density at radius 2 is 1.68 bits per heavy atom. The maximum Gasteiger partial charge on any atom is 0.276 e. The van der Waals surface area contributed by atoms with Gasteiger partial charge in [0.15, 0.2) is 0 Å². The number of furan rings is 1. The minimum Gasteiger partial charge on any atom is -0.455 e. The van der Waals surface area contributed by atoms with Gasteiger partial charge < -0.3 is 4.42 Å². The molecule has 0 saturated heterocycles. The van der Waals surface area contributed by atoms with E-state index >= 15 is 0 Å². The van der Waals surface area contributed by atoms with Gasteiger partial charge >= 0.3 is 0 Å². The number of hydrazone groups is 1. The van der Waals surface area contributed by atoms with Crippen LogP contribution in [-0.2, 0) is 10.0 Å². The number of hydrogen-bond donors (Lipinski definition) is 1. The minimum atomic E-state index is -3.69. The first kappa shape index (κ1) is 17.4. The normalized spacial score (nSPS) is 11.8. The van der Waals surface area contributed by atoms with Gasteiger partial charge in [0.25, 0.3) is 10.0 Å². The number of benzene rings is 2. The molecule has 0 aliphatic rings. The lowest BCUT2D eigenvalue weighted by atomic mass is 10.2. The highest BCUT2D eigenvalue weighted by Gasteiger charge is 2.12. The fourth-order valence-corrected chi connectivity index (χ4v) is 3.18. The van der Waals surface area contributed by atoms with Crippen molar-refractivity contribution in [3.05, 3.63) is 76.5 Å². The molecule has 1 aromatic heterocycles. The molecule has 0 unspecified atom stereocenters. The molecule has 0 aliphatic heterocycles. The molecule has 0 radical (unpaired) electrons. The van der Waals surface area contributed by atoms with Crippen molar-refractivity contribution in [2.24, 2.45) is 5.10 Å². The lowest BCUT2D eigenvalue weighted by molar-refractivity contribution is 0.573. The van der Waals surface area contributed by atoms with E-state index in [9.17, 15) is 8.42 Å². The minimum absolute atomic E-state index is 0.158. The topological polar surface area (TPSA) is 71.7 Å². The molecule has 0 atom stereocenters. The molecule has 1 N–H and O–H groups in total. The predicted octanol–water partition coefficient (Wildman–Crippen LogP) is 4.33. The summed E-state index contributed by atoms with van der Waals surface area (Å²) in [6, 6.07) is 17.7. The molecule has 3 rings (SSSR count). The van der Waals surface area contributed by atoms with Crippen molar-refractivity contribution in [2.45, 2.75) is 11.8 Å². The average molecular weight is 419 g/mol. The molecule has 0 bridgehead atoms. The third-order valence-corrected chi connectivity index (χ3v) is 5.22. The Morgan fingerprint density at radius 1 is 1.00 bits per heavy atom. The van der Waals surface area contributed by atoms with Crippen molar-refractivity contribution in [3.8, 4) is 11.3 Å². The Labute approximate surface area is 154 Å². The molecule has 3 aromatic rings. The van der Waals surface area contributed by atoms with Gasteiger partial charge in [-0.25, -0.2) is 0 Å². The quantitative estimate of drug-likeness (QED) is 0.494. The van der Waals surface area contributed by atoms with E-state index in [4.69, 9.17) is 4.42 Å². The van der Waals surface area contributed by atoms with Crippen LogP contribution in [-0.4, -0.2) is 14.6 Å². The first-order valence-electron chi connectivity index (χ1n) is 7.41. The molecule has 0 amide bonds. The van der Waals surface area contributed by atoms with Crippen LogP contribution in [0.2, 0.25) is 0 Å². The molecule has 2 aromatic carbocycles. The molecule has 25 heavy (non-hydrogen) atoms. The second kappa shape index (κ2) is 7.25. The molecule has 1 heterocycles. The van der Waals surface area contributed by atoms with E-state index in [-0.39, 0.29) is 4.90 Å². The van der Waals surface area contributed by atoms with Gasteiger partial charge in [-0.15, -0.1) is 0 Å². The van der Waals surface area contributed by atoms with Crippen molar-refractivity contribution in [2.75, 3.05) is 0 Å². The molecule has 0 fully saturated rings. The Hall–Kier alpha value is -2.38. The van der Waals surface area contributed by atoms with E-state index < -0.39 is 10.0 Å². The zero-order valence-electron chi connectivity index (χ0n) is 13.3. The summed E-state index contributed by atoms with van der Waals surface area (Å²) in [6.07, 6.45) is 1.33. The van der Waals surface area contributed by atoms with Crippen LogP contribution in [0.4, 0.5) is 0 Å². The highest BCUT2D eigenvalue weighted by molar-refractivity contribution is 9.10. The summed E-state index contributed by atoms with van der Waals surface area (Å²) in [4.78, 5) is 2.33. The van der Waals surface area contributed by atoms with Crippen molar-refractivity contribution in [1.29, 1.82) is 0 Å². The molecule has 128 valence electrons. The van der Waals surface area contributed by atoms with Crippen LogP contribution < -0.4 is 4.83 Å². The molecule has 7 heteroatoms. The van der Waals surface area contributed by atoms with Crippen LogP contribution in [0.5, 0.6) is 0 Å². The van der Waals surface area contributed by atoms with Crippen molar-refractivity contribution in [1.82, 2.24) is 4.83 Å². The zero-order chi connectivity index (χ0) is 17.9. The third kappa shape index (κ3) is 4.37. The fourth-order valence-electron chi connectivity index (χ4n) is 2.12. The summed E-state index contributed by atoms with van der Waals surface area (Å²) >= 11 is 3.38. The summed E-state index contributed by atoms with van der Waals surface area (Å²) in [7, 11) is -3.69. The largest absolute Gasteiger partial charge is 0.455 e. The van der Waals surface area contributed by atoms with Crippen molar-refractivity contribution >= 4 is 32.2 Å². The van der Waals surface area contributed by atoms with E-state index in [1.165, 1.54) is 18.3 Å². The molecule has 0 aliphatic carbocycles. The standard InChI is InChI=1S/C18H15BrN2O3S/c1-13-2-9-17(10-3-13)25(22,23)21-20-12-16-8-11-18(24-16)14-4-6-15(19)7-5-14/h2-12,21H,1H3/b20-12-.